The van der Waals surface area contributed by atoms with Crippen LogP contribution in [0.3, 0.4) is 0 Å². The van der Waals surface area contributed by atoms with Gasteiger partial charge in [0.1, 0.15) is 22.2 Å². The van der Waals surface area contributed by atoms with E-state index in [1.54, 1.807) is 27.0 Å². The van der Waals surface area contributed by atoms with E-state index >= 15 is 8.78 Å². The van der Waals surface area contributed by atoms with Gasteiger partial charge in [-0.15, -0.1) is 11.3 Å². The maximum absolute atomic E-state index is 16.8. The van der Waals surface area contributed by atoms with Crippen molar-refractivity contribution in [2.75, 3.05) is 23.3 Å². The summed E-state index contributed by atoms with van der Waals surface area (Å²) >= 11 is 0.872. The number of thiophene rings is 1. The second-order valence-electron chi connectivity index (χ2n) is 13.2. The Morgan fingerprint density at radius 2 is 1.96 bits per heavy atom. The van der Waals surface area contributed by atoms with Crippen LogP contribution in [0.4, 0.5) is 24.5 Å². The van der Waals surface area contributed by atoms with Crippen molar-refractivity contribution in [1.82, 2.24) is 15.0 Å². The van der Waals surface area contributed by atoms with Gasteiger partial charge in [-0.3, -0.25) is 10.3 Å². The molecule has 1 fully saturated rings. The van der Waals surface area contributed by atoms with E-state index in [0.717, 1.165) is 49.0 Å². The maximum Gasteiger partial charge on any atom is 0.412 e. The Kier molecular flexibility index (Phi) is 10.3. The Labute approximate surface area is 278 Å². The molecular weight excluding hydrogens is 622 g/mol. The number of ether oxygens (including phenoxy) is 2. The predicted molar refractivity (Wildman–Crippen MR) is 181 cm³/mol. The highest BCUT2D eigenvalue weighted by Crippen LogP contribution is 2.46. The van der Waals surface area contributed by atoms with E-state index in [0.29, 0.717) is 28.7 Å². The molecule has 6 rings (SSSR count). The molecule has 0 aliphatic carbocycles. The molecule has 0 radical (unpaired) electrons. The van der Waals surface area contributed by atoms with Crippen LogP contribution in [0.2, 0.25) is 0 Å². The number of fused-ring (bicyclic) bond motifs is 4. The fourth-order valence-corrected chi connectivity index (χ4v) is 7.26. The second-order valence-corrected chi connectivity index (χ2v) is 14.2. The van der Waals surface area contributed by atoms with E-state index in [4.69, 9.17) is 14.5 Å². The maximum atomic E-state index is 16.8. The number of anilines is 2. The van der Waals surface area contributed by atoms with Crippen molar-refractivity contribution in [3.05, 3.63) is 40.7 Å². The minimum atomic E-state index is -0.792. The zero-order chi connectivity index (χ0) is 34.0. The lowest BCUT2D eigenvalue weighted by atomic mass is 9.94. The summed E-state index contributed by atoms with van der Waals surface area (Å²) in [5.41, 5.74) is 0.799. The normalized spacial score (nSPS) is 15.9. The number of rotatable bonds is 7. The average molecular weight is 665 g/mol. The van der Waals surface area contributed by atoms with Gasteiger partial charge in [0.25, 0.3) is 0 Å². The monoisotopic (exact) mass is 664 g/mol. The zero-order valence-electron chi connectivity index (χ0n) is 28.1. The third-order valence-electron chi connectivity index (χ3n) is 8.28. The summed E-state index contributed by atoms with van der Waals surface area (Å²) in [4.78, 5) is 28.4. The van der Waals surface area contributed by atoms with E-state index < -0.39 is 23.3 Å². The standard InChI is InChI=1S/C33H36F2N6O3S.C2H6/c1-17(2)7-6-8-18-9-10-41(14-18)31-38-12-20-21-15-43-16-22(21)24(26(35)27(20)39-31)28-25-19(11-36)30(40-32(42)44-33(3,4)5)45-29(25)23(34)13-37-28;1-2/h12-13,17-18H,6-10,14-16H2,1-5H3,(H,40,42);1-2H3. The number of pyridine rings is 1. The molecule has 0 spiro atoms. The number of nitrogens with zero attached hydrogens (tertiary/aromatic N) is 5. The van der Waals surface area contributed by atoms with Crippen LogP contribution in [-0.2, 0) is 22.7 Å². The van der Waals surface area contributed by atoms with Gasteiger partial charge >= 0.3 is 6.09 Å². The number of hydrogen-bond acceptors (Lipinski definition) is 9. The van der Waals surface area contributed by atoms with Gasteiger partial charge in [-0.25, -0.2) is 23.5 Å². The molecule has 4 aromatic rings. The van der Waals surface area contributed by atoms with E-state index in [1.807, 2.05) is 13.8 Å². The number of aromatic nitrogens is 3. The molecule has 12 heteroatoms. The average Bonchev–Trinajstić information content (AvgIpc) is 3.77. The van der Waals surface area contributed by atoms with E-state index in [2.05, 4.69) is 40.1 Å². The highest BCUT2D eigenvalue weighted by atomic mass is 32.1. The summed E-state index contributed by atoms with van der Waals surface area (Å²) in [6, 6.07) is 2.07. The summed E-state index contributed by atoms with van der Waals surface area (Å²) in [5, 5.41) is 13.5. The molecular formula is C35H42F2N6O3S. The molecule has 2 aliphatic rings. The van der Waals surface area contributed by atoms with Crippen LogP contribution in [0, 0.1) is 34.8 Å². The SMILES string of the molecule is CC.CC(C)CCCC1CCN(c2ncc3c4c(c(-c5ncc(F)c6sc(NC(=O)OC(C)(C)C)c(C#N)c56)c(F)c3n2)COC4)C1. The molecule has 1 amide bonds. The molecule has 250 valence electrons. The van der Waals surface area contributed by atoms with E-state index in [-0.39, 0.29) is 50.6 Å². The molecule has 2 aliphatic heterocycles. The first-order valence-corrected chi connectivity index (χ1v) is 17.1. The number of carbonyl (C=O) groups excluding carboxylic acids is 1. The van der Waals surface area contributed by atoms with Gasteiger partial charge in [0, 0.05) is 35.6 Å². The van der Waals surface area contributed by atoms with Crippen molar-refractivity contribution in [1.29, 1.82) is 5.26 Å². The van der Waals surface area contributed by atoms with Crippen LogP contribution in [0.5, 0.6) is 0 Å². The minimum absolute atomic E-state index is 0.0287. The third kappa shape index (κ3) is 7.02. The van der Waals surface area contributed by atoms with Crippen molar-refractivity contribution in [3.8, 4) is 17.3 Å². The lowest BCUT2D eigenvalue weighted by Gasteiger charge is -2.19. The quantitative estimate of drug-likeness (QED) is 0.208. The Bertz CT molecular complexity index is 1850. The highest BCUT2D eigenvalue weighted by molar-refractivity contribution is 7.23. The molecule has 47 heavy (non-hydrogen) atoms. The van der Waals surface area contributed by atoms with Crippen molar-refractivity contribution in [2.24, 2.45) is 11.8 Å². The highest BCUT2D eigenvalue weighted by Gasteiger charge is 2.32. The number of carbonyl (C=O) groups is 1. The van der Waals surface area contributed by atoms with Gasteiger partial charge in [-0.1, -0.05) is 40.5 Å². The van der Waals surface area contributed by atoms with Gasteiger partial charge in [0.05, 0.1) is 35.4 Å². The molecule has 5 heterocycles. The van der Waals surface area contributed by atoms with Gasteiger partial charge in [0.15, 0.2) is 11.6 Å². The van der Waals surface area contributed by atoms with Crippen LogP contribution in [0.25, 0.3) is 32.2 Å². The summed E-state index contributed by atoms with van der Waals surface area (Å²) < 4.78 is 43.1. The van der Waals surface area contributed by atoms with Crippen LogP contribution in [0.1, 0.15) is 90.8 Å². The predicted octanol–water partition coefficient (Wildman–Crippen LogP) is 9.11. The number of nitriles is 1. The van der Waals surface area contributed by atoms with E-state index in [1.165, 1.54) is 12.8 Å². The number of nitrogens with one attached hydrogen (secondary N) is 1. The van der Waals surface area contributed by atoms with Crippen molar-refractivity contribution < 1.29 is 23.0 Å². The molecule has 1 unspecified atom stereocenters. The van der Waals surface area contributed by atoms with Gasteiger partial charge in [-0.2, -0.15) is 5.26 Å². The van der Waals surface area contributed by atoms with Gasteiger partial charge in [-0.05, 0) is 56.6 Å². The fraction of sp³-hybridized carbons (Fsp3) is 0.514. The molecule has 9 nitrogen and oxygen atoms in total. The first-order valence-electron chi connectivity index (χ1n) is 16.3. The summed E-state index contributed by atoms with van der Waals surface area (Å²) in [5.74, 6) is 0.357. The Morgan fingerprint density at radius 3 is 2.66 bits per heavy atom. The van der Waals surface area contributed by atoms with Crippen molar-refractivity contribution in [3.63, 3.8) is 0 Å². The molecule has 1 atom stereocenters. The lowest BCUT2D eigenvalue weighted by Crippen LogP contribution is -2.27. The molecule has 3 aromatic heterocycles. The summed E-state index contributed by atoms with van der Waals surface area (Å²) in [6.45, 7) is 15.6. The Balaban J connectivity index is 0.00000213. The molecule has 1 N–H and O–H groups in total. The fourth-order valence-electron chi connectivity index (χ4n) is 6.22. The molecule has 1 aromatic carbocycles. The van der Waals surface area contributed by atoms with Gasteiger partial charge < -0.3 is 14.4 Å². The number of amides is 1. The first-order chi connectivity index (χ1) is 22.4. The van der Waals surface area contributed by atoms with Crippen LogP contribution in [-0.4, -0.2) is 39.7 Å². The summed E-state index contributed by atoms with van der Waals surface area (Å²) in [7, 11) is 0. The zero-order valence-corrected chi connectivity index (χ0v) is 28.9. The van der Waals surface area contributed by atoms with E-state index in [9.17, 15) is 10.1 Å². The Hall–Kier alpha value is -3.95. The van der Waals surface area contributed by atoms with Crippen molar-refractivity contribution in [2.45, 2.75) is 93.0 Å². The Morgan fingerprint density at radius 1 is 1.21 bits per heavy atom. The molecule has 0 bridgehead atoms. The number of halogens is 2. The van der Waals surface area contributed by atoms with Crippen LogP contribution in [0.15, 0.2) is 12.4 Å². The van der Waals surface area contributed by atoms with Gasteiger partial charge in [0.2, 0.25) is 5.95 Å². The first kappa shape index (κ1) is 34.4. The minimum Gasteiger partial charge on any atom is -0.444 e. The number of benzene rings is 1. The molecule has 1 saturated heterocycles. The van der Waals surface area contributed by atoms with Crippen molar-refractivity contribution >= 4 is 49.4 Å². The lowest BCUT2D eigenvalue weighted by molar-refractivity contribution is 0.0636. The summed E-state index contributed by atoms with van der Waals surface area (Å²) in [6.07, 6.45) is 6.44. The molecule has 0 saturated carbocycles. The third-order valence-corrected chi connectivity index (χ3v) is 9.40. The second kappa shape index (κ2) is 14.0. The topological polar surface area (TPSA) is 113 Å². The largest absolute Gasteiger partial charge is 0.444 e. The van der Waals surface area contributed by atoms with Crippen LogP contribution < -0.4 is 10.2 Å². The smallest absolute Gasteiger partial charge is 0.412 e. The number of hydrogen-bond donors (Lipinski definition) is 1. The van der Waals surface area contributed by atoms with Crippen LogP contribution >= 0.6 is 11.3 Å².